The summed E-state index contributed by atoms with van der Waals surface area (Å²) in [6.07, 6.45) is 3.43. The van der Waals surface area contributed by atoms with Crippen molar-refractivity contribution in [2.24, 2.45) is 0 Å². The van der Waals surface area contributed by atoms with Gasteiger partial charge in [0.2, 0.25) is 0 Å². The van der Waals surface area contributed by atoms with Gasteiger partial charge in [0.1, 0.15) is 17.0 Å². The summed E-state index contributed by atoms with van der Waals surface area (Å²) in [5.74, 6) is 0.994. The normalized spacial score (nSPS) is 13.8. The van der Waals surface area contributed by atoms with Gasteiger partial charge in [-0.3, -0.25) is 0 Å². The van der Waals surface area contributed by atoms with Gasteiger partial charge in [-0.1, -0.05) is 0 Å². The summed E-state index contributed by atoms with van der Waals surface area (Å²) >= 11 is 1.53. The van der Waals surface area contributed by atoms with E-state index in [-0.39, 0.29) is 0 Å². The Bertz CT molecular complexity index is 577. The number of carbonyl (C=O) groups is 1. The largest absolute Gasteiger partial charge is 0.493 e. The first kappa shape index (κ1) is 11.4. The monoisotopic (exact) mass is 259 g/mol. The smallest absolute Gasteiger partial charge is 0.126 e. The molecule has 2 heterocycles. The SMILES string of the molecule is O=CCc1nc(-c2ccc3c(c2)CCCO3)cs1. The van der Waals surface area contributed by atoms with E-state index in [4.69, 9.17) is 4.74 Å². The molecule has 0 bridgehead atoms. The van der Waals surface area contributed by atoms with Gasteiger partial charge >= 0.3 is 0 Å². The van der Waals surface area contributed by atoms with Gasteiger partial charge in [-0.15, -0.1) is 11.3 Å². The standard InChI is InChI=1S/C14H13NO2S/c16-6-5-14-15-12(9-18-14)10-3-4-13-11(8-10)2-1-7-17-13/h3-4,6,8-9H,1-2,5,7H2. The Hall–Kier alpha value is -1.68. The predicted octanol–water partition coefficient (Wildman–Crippen LogP) is 2.88. The zero-order valence-electron chi connectivity index (χ0n) is 9.89. The van der Waals surface area contributed by atoms with Crippen LogP contribution >= 0.6 is 11.3 Å². The number of aldehydes is 1. The highest BCUT2D eigenvalue weighted by atomic mass is 32.1. The summed E-state index contributed by atoms with van der Waals surface area (Å²) in [4.78, 5) is 14.9. The van der Waals surface area contributed by atoms with E-state index in [2.05, 4.69) is 11.1 Å². The van der Waals surface area contributed by atoms with Gasteiger partial charge in [-0.25, -0.2) is 4.98 Å². The highest BCUT2D eigenvalue weighted by molar-refractivity contribution is 7.10. The minimum Gasteiger partial charge on any atom is -0.493 e. The lowest BCUT2D eigenvalue weighted by atomic mass is 10.0. The van der Waals surface area contributed by atoms with Crippen molar-refractivity contribution in [2.75, 3.05) is 6.61 Å². The Morgan fingerprint density at radius 1 is 1.44 bits per heavy atom. The first-order valence-electron chi connectivity index (χ1n) is 6.01. The fourth-order valence-corrected chi connectivity index (χ4v) is 2.88. The third-order valence-electron chi connectivity index (χ3n) is 3.01. The molecular formula is C14H13NO2S. The van der Waals surface area contributed by atoms with Crippen LogP contribution in [0.5, 0.6) is 5.75 Å². The van der Waals surface area contributed by atoms with Crippen LogP contribution in [-0.2, 0) is 17.6 Å². The maximum Gasteiger partial charge on any atom is 0.126 e. The molecule has 0 aliphatic carbocycles. The molecule has 0 N–H and O–H groups in total. The molecule has 1 aromatic carbocycles. The maximum absolute atomic E-state index is 10.5. The number of fused-ring (bicyclic) bond motifs is 1. The average molecular weight is 259 g/mol. The minimum absolute atomic E-state index is 0.402. The van der Waals surface area contributed by atoms with E-state index in [1.54, 1.807) is 0 Å². The number of thiazole rings is 1. The summed E-state index contributed by atoms with van der Waals surface area (Å²) in [6, 6.07) is 6.20. The van der Waals surface area contributed by atoms with Crippen LogP contribution < -0.4 is 4.74 Å². The Morgan fingerprint density at radius 2 is 2.39 bits per heavy atom. The molecule has 18 heavy (non-hydrogen) atoms. The van der Waals surface area contributed by atoms with Crippen molar-refractivity contribution in [1.29, 1.82) is 0 Å². The number of hydrogen-bond donors (Lipinski definition) is 0. The fraction of sp³-hybridized carbons (Fsp3) is 0.286. The van der Waals surface area contributed by atoms with Gasteiger partial charge in [0.25, 0.3) is 0 Å². The van der Waals surface area contributed by atoms with Crippen molar-refractivity contribution in [2.45, 2.75) is 19.3 Å². The third-order valence-corrected chi connectivity index (χ3v) is 3.89. The number of benzene rings is 1. The Morgan fingerprint density at radius 3 is 3.28 bits per heavy atom. The topological polar surface area (TPSA) is 39.2 Å². The maximum atomic E-state index is 10.5. The molecule has 0 saturated carbocycles. The van der Waals surface area contributed by atoms with E-state index < -0.39 is 0 Å². The van der Waals surface area contributed by atoms with Gasteiger partial charge in [0, 0.05) is 10.9 Å². The lowest BCUT2D eigenvalue weighted by molar-refractivity contribution is -0.107. The lowest BCUT2D eigenvalue weighted by Crippen LogP contribution is -2.08. The number of nitrogens with zero attached hydrogens (tertiary/aromatic N) is 1. The Labute approximate surface area is 109 Å². The van der Waals surface area contributed by atoms with Crippen molar-refractivity contribution in [3.8, 4) is 17.0 Å². The third kappa shape index (κ3) is 2.16. The fourth-order valence-electron chi connectivity index (χ4n) is 2.13. The lowest BCUT2D eigenvalue weighted by Gasteiger charge is -2.17. The average Bonchev–Trinajstić information content (AvgIpc) is 2.87. The Balaban J connectivity index is 1.93. The number of ether oxygens (including phenoxy) is 1. The van der Waals surface area contributed by atoms with E-state index in [0.29, 0.717) is 6.42 Å². The molecule has 92 valence electrons. The van der Waals surface area contributed by atoms with Crippen molar-refractivity contribution >= 4 is 17.6 Å². The first-order valence-corrected chi connectivity index (χ1v) is 6.89. The molecule has 0 saturated heterocycles. The quantitative estimate of drug-likeness (QED) is 0.796. The molecular weight excluding hydrogens is 246 g/mol. The number of hydrogen-bond acceptors (Lipinski definition) is 4. The predicted molar refractivity (Wildman–Crippen MR) is 71.1 cm³/mol. The van der Waals surface area contributed by atoms with Crippen molar-refractivity contribution in [3.05, 3.63) is 34.2 Å². The van der Waals surface area contributed by atoms with Crippen LogP contribution in [-0.4, -0.2) is 17.9 Å². The van der Waals surface area contributed by atoms with E-state index in [1.165, 1.54) is 16.9 Å². The zero-order chi connectivity index (χ0) is 12.4. The molecule has 0 atom stereocenters. The first-order chi connectivity index (χ1) is 8.86. The highest BCUT2D eigenvalue weighted by Gasteiger charge is 2.12. The van der Waals surface area contributed by atoms with Crippen LogP contribution in [0.15, 0.2) is 23.6 Å². The molecule has 0 amide bonds. The number of carbonyl (C=O) groups excluding carboxylic acids is 1. The van der Waals surface area contributed by atoms with Crippen LogP contribution in [0.2, 0.25) is 0 Å². The molecule has 4 heteroatoms. The van der Waals surface area contributed by atoms with E-state index in [1.807, 2.05) is 17.5 Å². The second kappa shape index (κ2) is 4.90. The summed E-state index contributed by atoms with van der Waals surface area (Å²) in [5.41, 5.74) is 3.31. The molecule has 1 aromatic heterocycles. The van der Waals surface area contributed by atoms with Gasteiger partial charge in [-0.2, -0.15) is 0 Å². The molecule has 0 fully saturated rings. The molecule has 0 unspecified atom stereocenters. The summed E-state index contributed by atoms with van der Waals surface area (Å²) in [6.45, 7) is 0.812. The van der Waals surface area contributed by atoms with Gasteiger partial charge < -0.3 is 9.53 Å². The van der Waals surface area contributed by atoms with E-state index >= 15 is 0 Å². The number of aryl methyl sites for hydroxylation is 1. The molecule has 1 aliphatic rings. The summed E-state index contributed by atoms with van der Waals surface area (Å²) < 4.78 is 5.59. The van der Waals surface area contributed by atoms with Crippen molar-refractivity contribution in [3.63, 3.8) is 0 Å². The Kier molecular flexibility index (Phi) is 3.11. The van der Waals surface area contributed by atoms with Gasteiger partial charge in [0.05, 0.1) is 18.7 Å². The molecule has 1 aliphatic heterocycles. The molecule has 3 nitrogen and oxygen atoms in total. The van der Waals surface area contributed by atoms with Crippen LogP contribution in [0.4, 0.5) is 0 Å². The molecule has 3 rings (SSSR count). The highest BCUT2D eigenvalue weighted by Crippen LogP contribution is 2.30. The molecule has 0 radical (unpaired) electrons. The van der Waals surface area contributed by atoms with Crippen LogP contribution in [0.3, 0.4) is 0 Å². The summed E-state index contributed by atoms with van der Waals surface area (Å²) in [5, 5.41) is 2.87. The minimum atomic E-state index is 0.402. The van der Waals surface area contributed by atoms with Crippen molar-refractivity contribution < 1.29 is 9.53 Å². The van der Waals surface area contributed by atoms with Gasteiger partial charge in [-0.05, 0) is 36.6 Å². The summed E-state index contributed by atoms with van der Waals surface area (Å²) in [7, 11) is 0. The van der Waals surface area contributed by atoms with E-state index in [0.717, 1.165) is 47.7 Å². The van der Waals surface area contributed by atoms with Gasteiger partial charge in [0.15, 0.2) is 0 Å². The van der Waals surface area contributed by atoms with Crippen LogP contribution in [0.1, 0.15) is 17.0 Å². The zero-order valence-corrected chi connectivity index (χ0v) is 10.7. The number of aromatic nitrogens is 1. The molecule has 2 aromatic rings. The van der Waals surface area contributed by atoms with Crippen LogP contribution in [0.25, 0.3) is 11.3 Å². The second-order valence-electron chi connectivity index (χ2n) is 4.27. The molecule has 0 spiro atoms. The van der Waals surface area contributed by atoms with Crippen molar-refractivity contribution in [1.82, 2.24) is 4.98 Å². The van der Waals surface area contributed by atoms with Crippen LogP contribution in [0, 0.1) is 0 Å². The van der Waals surface area contributed by atoms with E-state index in [9.17, 15) is 4.79 Å². The second-order valence-corrected chi connectivity index (χ2v) is 5.21. The number of rotatable bonds is 3.